The van der Waals surface area contributed by atoms with Gasteiger partial charge >= 0.3 is 0 Å². The number of nitrogens with one attached hydrogen (secondary N) is 2. The number of benzene rings is 2. The Labute approximate surface area is 244 Å². The van der Waals surface area contributed by atoms with Gasteiger partial charge in [0.05, 0.1) is 6.54 Å². The van der Waals surface area contributed by atoms with E-state index in [1.807, 2.05) is 41.9 Å². The number of aldehydes is 1. The molecular formula is C30H40BrN5O4. The minimum Gasteiger partial charge on any atom is -0.372 e. The summed E-state index contributed by atoms with van der Waals surface area (Å²) in [6.07, 6.45) is 8.45. The number of primary amides is 1. The third kappa shape index (κ3) is 10.8. The molecule has 0 atom stereocenters. The van der Waals surface area contributed by atoms with E-state index >= 15 is 0 Å². The highest BCUT2D eigenvalue weighted by atomic mass is 79.9. The number of aromatic nitrogens is 1. The smallest absolute Gasteiger partial charge is 0.246 e. The molecular weight excluding hydrogens is 574 g/mol. The van der Waals surface area contributed by atoms with Crippen LogP contribution in [0.4, 0.5) is 5.69 Å². The number of halogens is 1. The molecule has 1 aliphatic rings. The lowest BCUT2D eigenvalue weighted by Crippen LogP contribution is -2.58. The predicted octanol–water partition coefficient (Wildman–Crippen LogP) is 4.08. The molecule has 10 heteroatoms. The van der Waals surface area contributed by atoms with Gasteiger partial charge in [0.2, 0.25) is 18.7 Å². The summed E-state index contributed by atoms with van der Waals surface area (Å²) in [5.74, 6) is 0.0338. The van der Waals surface area contributed by atoms with Crippen LogP contribution in [0.2, 0.25) is 0 Å². The predicted molar refractivity (Wildman–Crippen MR) is 165 cm³/mol. The standard InChI is InChI=1S/C13H14BrNO.C9H11NO.C7H12N2O.CH3NO/c1-2-3-10-9-15(6-7-16)13-5-4-11(14)8-12(10)13;1-2-8-5-3-4-6-9(8)10-7-11;1-3-7(10)9-4-6(5-9)8-2;2-1-3/h4-5,7-9H,2-3,6H2,1H3;3-7H,2H2,1H3,(H,10,11);3,6,8H,1,4-5H2,2H3;1H,(H2,2,3). The van der Waals surface area contributed by atoms with Crippen LogP contribution in [0.5, 0.6) is 0 Å². The monoisotopic (exact) mass is 613 g/mol. The number of likely N-dealkylation sites (tertiary alicyclic amines) is 1. The highest BCUT2D eigenvalue weighted by molar-refractivity contribution is 9.10. The number of carbonyl (C=O) groups excluding carboxylic acids is 4. The van der Waals surface area contributed by atoms with Crippen LogP contribution in [-0.2, 0) is 38.6 Å². The van der Waals surface area contributed by atoms with Crippen molar-refractivity contribution in [1.29, 1.82) is 0 Å². The lowest BCUT2D eigenvalue weighted by atomic mass is 10.1. The van der Waals surface area contributed by atoms with Crippen molar-refractivity contribution in [3.63, 3.8) is 0 Å². The summed E-state index contributed by atoms with van der Waals surface area (Å²) in [5, 5.41) is 6.98. The third-order valence-electron chi connectivity index (χ3n) is 6.11. The van der Waals surface area contributed by atoms with Crippen LogP contribution in [0.15, 0.2) is 65.8 Å². The maximum atomic E-state index is 10.8. The van der Waals surface area contributed by atoms with Gasteiger partial charge in [-0.1, -0.05) is 61.0 Å². The van der Waals surface area contributed by atoms with Gasteiger partial charge in [-0.3, -0.25) is 14.4 Å². The zero-order valence-electron chi connectivity index (χ0n) is 23.4. The molecule has 0 radical (unpaired) electrons. The minimum atomic E-state index is 0.0338. The molecule has 0 spiro atoms. The van der Waals surface area contributed by atoms with Crippen LogP contribution < -0.4 is 16.4 Å². The molecule has 0 bridgehead atoms. The number of amides is 3. The first-order chi connectivity index (χ1) is 19.3. The minimum absolute atomic E-state index is 0.0338. The number of nitrogens with two attached hydrogens (primary N) is 1. The summed E-state index contributed by atoms with van der Waals surface area (Å²) < 4.78 is 3.10. The van der Waals surface area contributed by atoms with Crippen molar-refractivity contribution in [3.8, 4) is 0 Å². The highest BCUT2D eigenvalue weighted by Gasteiger charge is 2.27. The SMILES string of the molecule is C=CC(=O)N1CC(NC)C1.CCCc1cn(CC=O)c2ccc(Br)cc12.CCc1ccccc1NC=O.NC=O. The van der Waals surface area contributed by atoms with Crippen molar-refractivity contribution in [2.45, 2.75) is 45.7 Å². The van der Waals surface area contributed by atoms with E-state index in [2.05, 4.69) is 71.1 Å². The molecule has 40 heavy (non-hydrogen) atoms. The van der Waals surface area contributed by atoms with E-state index in [-0.39, 0.29) is 12.3 Å². The van der Waals surface area contributed by atoms with Crippen molar-refractivity contribution in [3.05, 3.63) is 76.9 Å². The van der Waals surface area contributed by atoms with Gasteiger partial charge in [0.15, 0.2) is 0 Å². The first-order valence-electron chi connectivity index (χ1n) is 13.1. The van der Waals surface area contributed by atoms with Gasteiger partial charge < -0.3 is 30.6 Å². The topological polar surface area (TPSA) is 127 Å². The Hall–Kier alpha value is -3.76. The fraction of sp³-hybridized carbons (Fsp3) is 0.333. The van der Waals surface area contributed by atoms with E-state index in [9.17, 15) is 14.4 Å². The molecule has 3 amide bonds. The summed E-state index contributed by atoms with van der Waals surface area (Å²) in [6.45, 7) is 9.71. The molecule has 4 rings (SSSR count). The quantitative estimate of drug-likeness (QED) is 0.248. The number of nitrogens with zero attached hydrogens (tertiary/aromatic N) is 2. The number of para-hydroxylation sites is 1. The number of anilines is 1. The fourth-order valence-electron chi connectivity index (χ4n) is 4.05. The van der Waals surface area contributed by atoms with Gasteiger partial charge in [-0.05, 0) is 61.4 Å². The summed E-state index contributed by atoms with van der Waals surface area (Å²) in [4.78, 5) is 41.9. The zero-order valence-corrected chi connectivity index (χ0v) is 25.0. The van der Waals surface area contributed by atoms with Crippen molar-refractivity contribution in [1.82, 2.24) is 14.8 Å². The largest absolute Gasteiger partial charge is 0.372 e. The molecule has 1 fully saturated rings. The lowest BCUT2D eigenvalue weighted by Gasteiger charge is -2.38. The summed E-state index contributed by atoms with van der Waals surface area (Å²) in [6, 6.07) is 14.5. The summed E-state index contributed by atoms with van der Waals surface area (Å²) in [7, 11) is 1.90. The van der Waals surface area contributed by atoms with E-state index in [1.54, 1.807) is 4.90 Å². The number of aryl methyl sites for hydroxylation is 2. The van der Waals surface area contributed by atoms with E-state index in [4.69, 9.17) is 4.79 Å². The molecule has 3 aromatic rings. The molecule has 216 valence electrons. The van der Waals surface area contributed by atoms with Crippen LogP contribution in [-0.4, -0.2) is 60.7 Å². The average Bonchev–Trinajstić information content (AvgIpc) is 3.26. The molecule has 9 nitrogen and oxygen atoms in total. The van der Waals surface area contributed by atoms with Crippen molar-refractivity contribution < 1.29 is 19.2 Å². The highest BCUT2D eigenvalue weighted by Crippen LogP contribution is 2.26. The maximum Gasteiger partial charge on any atom is 0.246 e. The molecule has 2 aromatic carbocycles. The summed E-state index contributed by atoms with van der Waals surface area (Å²) in [5.41, 5.74) is 8.70. The lowest BCUT2D eigenvalue weighted by molar-refractivity contribution is -0.130. The van der Waals surface area contributed by atoms with Crippen molar-refractivity contribution >= 4 is 57.5 Å². The van der Waals surface area contributed by atoms with Gasteiger partial charge in [0.25, 0.3) is 0 Å². The maximum absolute atomic E-state index is 10.8. The second-order valence-corrected chi connectivity index (χ2v) is 9.64. The van der Waals surface area contributed by atoms with Gasteiger partial charge in [0, 0.05) is 46.4 Å². The molecule has 4 N–H and O–H groups in total. The van der Waals surface area contributed by atoms with Crippen molar-refractivity contribution in [2.24, 2.45) is 5.73 Å². The van der Waals surface area contributed by atoms with Gasteiger partial charge in [-0.2, -0.15) is 0 Å². The van der Waals surface area contributed by atoms with Gasteiger partial charge in [-0.15, -0.1) is 0 Å². The fourth-order valence-corrected chi connectivity index (χ4v) is 4.41. The van der Waals surface area contributed by atoms with Crippen LogP contribution >= 0.6 is 15.9 Å². The van der Waals surface area contributed by atoms with E-state index in [0.29, 0.717) is 19.0 Å². The molecule has 0 aliphatic carbocycles. The van der Waals surface area contributed by atoms with Crippen LogP contribution in [0.3, 0.4) is 0 Å². The third-order valence-corrected chi connectivity index (χ3v) is 6.60. The number of fused-ring (bicyclic) bond motifs is 1. The molecule has 0 unspecified atom stereocenters. The molecule has 1 aromatic heterocycles. The van der Waals surface area contributed by atoms with Crippen molar-refractivity contribution in [2.75, 3.05) is 25.5 Å². The Kier molecular flexibility index (Phi) is 16.6. The molecule has 2 heterocycles. The number of likely N-dealkylation sites (N-methyl/N-ethyl adjacent to an activating group) is 1. The van der Waals surface area contributed by atoms with Crippen LogP contribution in [0.1, 0.15) is 31.4 Å². The number of carbonyl (C=O) groups is 4. The zero-order chi connectivity index (χ0) is 29.9. The summed E-state index contributed by atoms with van der Waals surface area (Å²) >= 11 is 3.49. The number of rotatable bonds is 9. The van der Waals surface area contributed by atoms with Crippen LogP contribution in [0.25, 0.3) is 10.9 Å². The Morgan fingerprint density at radius 3 is 2.35 bits per heavy atom. The molecule has 1 aliphatic heterocycles. The average molecular weight is 615 g/mol. The Bertz CT molecular complexity index is 1240. The molecule has 0 saturated carbocycles. The van der Waals surface area contributed by atoms with Crippen LogP contribution in [0, 0.1) is 0 Å². The second kappa shape index (κ2) is 19.3. The van der Waals surface area contributed by atoms with Gasteiger partial charge in [-0.25, -0.2) is 0 Å². The second-order valence-electron chi connectivity index (χ2n) is 8.73. The first kappa shape index (κ1) is 34.3. The first-order valence-corrected chi connectivity index (χ1v) is 13.9. The van der Waals surface area contributed by atoms with E-state index < -0.39 is 0 Å². The number of hydrogen-bond acceptors (Lipinski definition) is 5. The number of hydrogen-bond donors (Lipinski definition) is 3. The Balaban J connectivity index is 0.000000295. The molecule has 1 saturated heterocycles. The Morgan fingerprint density at radius 1 is 1.12 bits per heavy atom. The van der Waals surface area contributed by atoms with E-state index in [1.165, 1.54) is 22.6 Å². The van der Waals surface area contributed by atoms with Gasteiger partial charge in [0.1, 0.15) is 6.29 Å². The van der Waals surface area contributed by atoms with E-state index in [0.717, 1.165) is 54.3 Å². The normalized spacial score (nSPS) is 11.8. The Morgan fingerprint density at radius 2 is 1.80 bits per heavy atom.